The van der Waals surface area contributed by atoms with Crippen molar-refractivity contribution in [1.82, 2.24) is 0 Å². The van der Waals surface area contributed by atoms with Gasteiger partial charge in [0.15, 0.2) is 0 Å². The summed E-state index contributed by atoms with van der Waals surface area (Å²) in [5, 5.41) is 8.58. The summed E-state index contributed by atoms with van der Waals surface area (Å²) < 4.78 is 30.0. The molecule has 0 radical (unpaired) electrons. The van der Waals surface area contributed by atoms with E-state index in [1.807, 2.05) is 0 Å². The Morgan fingerprint density at radius 1 is 1.38 bits per heavy atom. The van der Waals surface area contributed by atoms with E-state index in [1.54, 1.807) is 0 Å². The maximum Gasteiger partial charge on any atom is 0.296 e. The van der Waals surface area contributed by atoms with Crippen molar-refractivity contribution in [3.05, 3.63) is 28.8 Å². The Balaban J connectivity index is 3.29. The smallest absolute Gasteiger partial charge is 0.296 e. The van der Waals surface area contributed by atoms with Gasteiger partial charge >= 0.3 is 0 Å². The van der Waals surface area contributed by atoms with Gasteiger partial charge in [-0.05, 0) is 17.7 Å². The van der Waals surface area contributed by atoms with Crippen LogP contribution in [0.3, 0.4) is 0 Å². The van der Waals surface area contributed by atoms with E-state index >= 15 is 0 Å². The molecule has 0 aliphatic heterocycles. The second-order valence-corrected chi connectivity index (χ2v) is 4.20. The van der Waals surface area contributed by atoms with Crippen molar-refractivity contribution in [2.75, 3.05) is 0 Å². The first-order valence-electron chi connectivity index (χ1n) is 3.32. The maximum atomic E-state index is 10.7. The average molecular weight is 223 g/mol. The molecular weight excluding hydrogens is 216 g/mol. The molecule has 6 heteroatoms. The molecule has 1 aromatic rings. The lowest BCUT2D eigenvalue weighted by atomic mass is 10.2. The van der Waals surface area contributed by atoms with Crippen LogP contribution in [0, 0.1) is 0 Å². The Morgan fingerprint density at radius 2 is 2.00 bits per heavy atom. The van der Waals surface area contributed by atoms with Gasteiger partial charge in [0, 0.05) is 0 Å². The van der Waals surface area contributed by atoms with E-state index in [4.69, 9.17) is 21.3 Å². The molecule has 0 bridgehead atoms. The summed E-state index contributed by atoms with van der Waals surface area (Å²) in [4.78, 5) is -0.355. The first-order chi connectivity index (χ1) is 5.95. The minimum Gasteiger partial charge on any atom is -0.392 e. The lowest BCUT2D eigenvalue weighted by Gasteiger charge is -2.01. The number of aliphatic hydroxyl groups excluding tert-OH is 1. The number of benzene rings is 1. The predicted molar refractivity (Wildman–Crippen MR) is 47.2 cm³/mol. The Morgan fingerprint density at radius 3 is 2.38 bits per heavy atom. The van der Waals surface area contributed by atoms with Crippen LogP contribution in [-0.2, 0) is 16.7 Å². The third-order valence-corrected chi connectivity index (χ3v) is 2.79. The number of aliphatic hydroxyl groups is 1. The Kier molecular flexibility index (Phi) is 2.92. The quantitative estimate of drug-likeness (QED) is 0.735. The monoisotopic (exact) mass is 222 g/mol. The molecule has 0 saturated carbocycles. The van der Waals surface area contributed by atoms with Crippen LogP contribution in [0.4, 0.5) is 0 Å². The summed E-state index contributed by atoms with van der Waals surface area (Å²) in [7, 11) is -4.27. The molecule has 72 valence electrons. The number of hydrogen-bond acceptors (Lipinski definition) is 3. The van der Waals surface area contributed by atoms with E-state index < -0.39 is 10.1 Å². The van der Waals surface area contributed by atoms with Gasteiger partial charge in [0.25, 0.3) is 10.1 Å². The number of hydrogen-bond donors (Lipinski definition) is 2. The van der Waals surface area contributed by atoms with Crippen molar-refractivity contribution >= 4 is 21.7 Å². The summed E-state index contributed by atoms with van der Waals surface area (Å²) in [6, 6.07) is 3.79. The van der Waals surface area contributed by atoms with Gasteiger partial charge in [0.2, 0.25) is 0 Å². The fraction of sp³-hybridized carbons (Fsp3) is 0.143. The summed E-state index contributed by atoms with van der Waals surface area (Å²) in [5.74, 6) is 0. The summed E-state index contributed by atoms with van der Waals surface area (Å²) in [6.07, 6.45) is 0. The van der Waals surface area contributed by atoms with Crippen LogP contribution in [0.2, 0.25) is 5.02 Å². The van der Waals surface area contributed by atoms with Gasteiger partial charge in [-0.25, -0.2) is 0 Å². The molecule has 4 nitrogen and oxygen atoms in total. The third kappa shape index (κ3) is 2.41. The molecule has 1 rings (SSSR count). The zero-order valence-corrected chi connectivity index (χ0v) is 8.01. The van der Waals surface area contributed by atoms with Gasteiger partial charge in [-0.2, -0.15) is 8.42 Å². The molecule has 0 unspecified atom stereocenters. The molecule has 2 N–H and O–H groups in total. The summed E-state index contributed by atoms with van der Waals surface area (Å²) in [6.45, 7) is -0.231. The largest absolute Gasteiger partial charge is 0.392 e. The van der Waals surface area contributed by atoms with Crippen LogP contribution < -0.4 is 0 Å². The van der Waals surface area contributed by atoms with E-state index in [-0.39, 0.29) is 16.5 Å². The van der Waals surface area contributed by atoms with E-state index in [9.17, 15) is 8.42 Å². The van der Waals surface area contributed by atoms with E-state index in [1.165, 1.54) is 12.1 Å². The van der Waals surface area contributed by atoms with Gasteiger partial charge in [0.1, 0.15) is 4.90 Å². The van der Waals surface area contributed by atoms with E-state index in [0.717, 1.165) is 6.07 Å². The molecule has 0 saturated heterocycles. The van der Waals surface area contributed by atoms with Crippen molar-refractivity contribution in [1.29, 1.82) is 0 Å². The third-order valence-electron chi connectivity index (χ3n) is 1.46. The molecule has 0 amide bonds. The normalized spacial score (nSPS) is 11.6. The fourth-order valence-corrected chi connectivity index (χ4v) is 1.89. The van der Waals surface area contributed by atoms with Crippen LogP contribution in [-0.4, -0.2) is 18.1 Å². The lowest BCUT2D eigenvalue weighted by Crippen LogP contribution is -1.99. The van der Waals surface area contributed by atoms with Crippen LogP contribution in [0.1, 0.15) is 5.56 Å². The zero-order chi connectivity index (χ0) is 10.1. The SMILES string of the molecule is O=S(=O)(O)c1ccc(CO)cc1Cl. The molecule has 0 aliphatic carbocycles. The minimum atomic E-state index is -4.27. The highest BCUT2D eigenvalue weighted by Crippen LogP contribution is 2.22. The molecule has 0 aliphatic rings. The molecule has 1 aromatic carbocycles. The first-order valence-corrected chi connectivity index (χ1v) is 5.13. The van der Waals surface area contributed by atoms with Crippen molar-refractivity contribution in [3.63, 3.8) is 0 Å². The highest BCUT2D eigenvalue weighted by atomic mass is 35.5. The molecule has 0 aromatic heterocycles. The Hall–Kier alpha value is -0.620. The molecular formula is C7H7ClO4S. The van der Waals surface area contributed by atoms with Gasteiger partial charge in [-0.1, -0.05) is 17.7 Å². The summed E-state index contributed by atoms with van der Waals surface area (Å²) >= 11 is 5.54. The highest BCUT2D eigenvalue weighted by molar-refractivity contribution is 7.86. The molecule has 0 atom stereocenters. The number of rotatable bonds is 2. The van der Waals surface area contributed by atoms with Crippen molar-refractivity contribution in [2.24, 2.45) is 0 Å². The topological polar surface area (TPSA) is 74.6 Å². The maximum absolute atomic E-state index is 10.7. The second-order valence-electron chi connectivity index (χ2n) is 2.40. The molecule has 0 fully saturated rings. The van der Waals surface area contributed by atoms with Crippen LogP contribution in [0.15, 0.2) is 23.1 Å². The molecule has 0 spiro atoms. The lowest BCUT2D eigenvalue weighted by molar-refractivity contribution is 0.281. The standard InChI is InChI=1S/C7H7ClO4S/c8-6-3-5(4-9)1-2-7(6)13(10,11)12/h1-3,9H,4H2,(H,10,11,12). The van der Waals surface area contributed by atoms with Crippen LogP contribution >= 0.6 is 11.6 Å². The zero-order valence-electron chi connectivity index (χ0n) is 6.44. The van der Waals surface area contributed by atoms with Crippen molar-refractivity contribution < 1.29 is 18.1 Å². The fourth-order valence-electron chi connectivity index (χ4n) is 0.852. The number of halogens is 1. The van der Waals surface area contributed by atoms with Crippen molar-refractivity contribution in [2.45, 2.75) is 11.5 Å². The molecule has 0 heterocycles. The average Bonchev–Trinajstić information content (AvgIpc) is 2.01. The van der Waals surface area contributed by atoms with Crippen LogP contribution in [0.25, 0.3) is 0 Å². The van der Waals surface area contributed by atoms with Gasteiger partial charge < -0.3 is 5.11 Å². The molecule has 13 heavy (non-hydrogen) atoms. The van der Waals surface area contributed by atoms with Crippen molar-refractivity contribution in [3.8, 4) is 0 Å². The van der Waals surface area contributed by atoms with Gasteiger partial charge in [-0.3, -0.25) is 4.55 Å². The Labute approximate surface area is 80.5 Å². The van der Waals surface area contributed by atoms with Gasteiger partial charge in [-0.15, -0.1) is 0 Å². The summed E-state index contributed by atoms with van der Waals surface area (Å²) in [5.41, 5.74) is 0.484. The van der Waals surface area contributed by atoms with Gasteiger partial charge in [0.05, 0.1) is 11.6 Å². The van der Waals surface area contributed by atoms with E-state index in [0.29, 0.717) is 5.56 Å². The first kappa shape index (κ1) is 10.5. The van der Waals surface area contributed by atoms with Crippen LogP contribution in [0.5, 0.6) is 0 Å². The second kappa shape index (κ2) is 3.63. The Bertz CT molecular complexity index is 413. The predicted octanol–water partition coefficient (Wildman–Crippen LogP) is 1.08. The minimum absolute atomic E-state index is 0.103. The highest BCUT2D eigenvalue weighted by Gasteiger charge is 2.13. The van der Waals surface area contributed by atoms with E-state index in [2.05, 4.69) is 0 Å².